The van der Waals surface area contributed by atoms with Gasteiger partial charge in [0.05, 0.1) is 12.7 Å². The van der Waals surface area contributed by atoms with Crippen molar-refractivity contribution in [1.29, 1.82) is 0 Å². The van der Waals surface area contributed by atoms with E-state index in [0.29, 0.717) is 24.0 Å². The van der Waals surface area contributed by atoms with Gasteiger partial charge in [-0.05, 0) is 50.5 Å². The van der Waals surface area contributed by atoms with E-state index in [1.54, 1.807) is 25.5 Å². The molecule has 0 saturated heterocycles. The quantitative estimate of drug-likeness (QED) is 0.615. The van der Waals surface area contributed by atoms with Gasteiger partial charge in [0, 0.05) is 29.2 Å². The molecule has 2 N–H and O–H groups in total. The third-order valence-electron chi connectivity index (χ3n) is 5.02. The van der Waals surface area contributed by atoms with Crippen molar-refractivity contribution in [3.8, 4) is 17.0 Å². The van der Waals surface area contributed by atoms with Crippen molar-refractivity contribution in [3.63, 3.8) is 0 Å². The molecule has 1 fully saturated rings. The van der Waals surface area contributed by atoms with Crippen LogP contribution in [0, 0.1) is 0 Å². The van der Waals surface area contributed by atoms with Gasteiger partial charge in [0.25, 0.3) is 0 Å². The van der Waals surface area contributed by atoms with Gasteiger partial charge in [0.2, 0.25) is 5.88 Å². The number of amides is 1. The Hall–Kier alpha value is -3.62. The standard InChI is InChI=1S/C18H15N3O3.C4H9NO2/c1-23-15-7-6-13(17-19-16(10-2-3-10)20-21(15)17)11-4-5-14-12(8-11)9-24-18(14)22;1-3(2)5-4(6)7/h4-8,10H,2-3,9H2,1H3;3,5H,1-2H3,(H,6,7). The van der Waals surface area contributed by atoms with Crippen LogP contribution in [0.4, 0.5) is 4.79 Å². The Kier molecular flexibility index (Phi) is 5.50. The number of benzene rings is 1. The number of carboxylic acid groups (broad SMARTS) is 1. The van der Waals surface area contributed by atoms with E-state index in [4.69, 9.17) is 19.6 Å². The van der Waals surface area contributed by atoms with Gasteiger partial charge < -0.3 is 19.9 Å². The maximum absolute atomic E-state index is 11.6. The van der Waals surface area contributed by atoms with Crippen LogP contribution in [0.5, 0.6) is 5.88 Å². The maximum atomic E-state index is 11.6. The highest BCUT2D eigenvalue weighted by Crippen LogP contribution is 2.39. The number of aromatic nitrogens is 3. The minimum Gasteiger partial charge on any atom is -0.481 e. The molecule has 3 aromatic rings. The topological polar surface area (TPSA) is 115 Å². The van der Waals surface area contributed by atoms with E-state index in [2.05, 4.69) is 10.4 Å². The van der Waals surface area contributed by atoms with Crippen LogP contribution in [0.3, 0.4) is 0 Å². The molecule has 9 nitrogen and oxygen atoms in total. The average Bonchev–Trinajstić information content (AvgIpc) is 3.38. The van der Waals surface area contributed by atoms with Crippen LogP contribution < -0.4 is 10.1 Å². The highest BCUT2D eigenvalue weighted by atomic mass is 16.5. The van der Waals surface area contributed by atoms with E-state index in [-0.39, 0.29) is 12.0 Å². The fourth-order valence-corrected chi connectivity index (χ4v) is 3.40. The molecule has 1 aromatic carbocycles. The number of carbonyl (C=O) groups excluding carboxylic acids is 1. The number of esters is 1. The highest BCUT2D eigenvalue weighted by molar-refractivity contribution is 5.94. The number of pyridine rings is 1. The van der Waals surface area contributed by atoms with Crippen molar-refractivity contribution in [2.24, 2.45) is 0 Å². The van der Waals surface area contributed by atoms with E-state index in [0.717, 1.165) is 41.0 Å². The lowest BCUT2D eigenvalue weighted by Crippen LogP contribution is -2.27. The Morgan fingerprint density at radius 1 is 1.26 bits per heavy atom. The van der Waals surface area contributed by atoms with Gasteiger partial charge in [0.15, 0.2) is 11.5 Å². The number of hydrogen-bond donors (Lipinski definition) is 2. The molecule has 2 aromatic heterocycles. The third-order valence-corrected chi connectivity index (χ3v) is 5.02. The highest BCUT2D eigenvalue weighted by Gasteiger charge is 2.29. The van der Waals surface area contributed by atoms with E-state index in [1.165, 1.54) is 0 Å². The monoisotopic (exact) mass is 424 g/mol. The van der Waals surface area contributed by atoms with Gasteiger partial charge in [0.1, 0.15) is 6.61 Å². The Morgan fingerprint density at radius 3 is 2.61 bits per heavy atom. The summed E-state index contributed by atoms with van der Waals surface area (Å²) in [4.78, 5) is 26.1. The molecule has 0 bridgehead atoms. The number of ether oxygens (including phenoxy) is 2. The minimum absolute atomic E-state index is 0.0255. The summed E-state index contributed by atoms with van der Waals surface area (Å²) in [5, 5.41) is 14.8. The van der Waals surface area contributed by atoms with Crippen LogP contribution in [0.2, 0.25) is 0 Å². The second-order valence-electron chi connectivity index (χ2n) is 7.82. The fourth-order valence-electron chi connectivity index (χ4n) is 3.40. The number of cyclic esters (lactones) is 1. The molecule has 5 rings (SSSR count). The zero-order chi connectivity index (χ0) is 22.1. The van der Waals surface area contributed by atoms with Crippen LogP contribution in [-0.2, 0) is 11.3 Å². The second kappa shape index (κ2) is 8.25. The molecule has 162 valence electrons. The van der Waals surface area contributed by atoms with Crippen molar-refractivity contribution in [3.05, 3.63) is 47.3 Å². The van der Waals surface area contributed by atoms with Crippen molar-refractivity contribution in [2.45, 2.75) is 45.3 Å². The number of hydrogen-bond acceptors (Lipinski definition) is 6. The Morgan fingerprint density at radius 2 is 2.00 bits per heavy atom. The van der Waals surface area contributed by atoms with Crippen LogP contribution in [0.1, 0.15) is 54.4 Å². The number of methoxy groups -OCH3 is 1. The van der Waals surface area contributed by atoms with Crippen molar-refractivity contribution >= 4 is 17.7 Å². The van der Waals surface area contributed by atoms with Crippen LogP contribution >= 0.6 is 0 Å². The Balaban J connectivity index is 0.000000289. The Labute approximate surface area is 179 Å². The van der Waals surface area contributed by atoms with Gasteiger partial charge in [-0.3, -0.25) is 0 Å². The van der Waals surface area contributed by atoms with Gasteiger partial charge >= 0.3 is 12.1 Å². The molecule has 0 radical (unpaired) electrons. The predicted octanol–water partition coefficient (Wildman–Crippen LogP) is 3.62. The summed E-state index contributed by atoms with van der Waals surface area (Å²) < 4.78 is 12.3. The first-order valence-electron chi connectivity index (χ1n) is 10.1. The van der Waals surface area contributed by atoms with Gasteiger partial charge in [-0.2, -0.15) is 4.52 Å². The number of rotatable bonds is 4. The summed E-state index contributed by atoms with van der Waals surface area (Å²) in [6, 6.07) is 9.64. The number of nitrogens with zero attached hydrogens (tertiary/aromatic N) is 3. The summed E-state index contributed by atoms with van der Waals surface area (Å²) in [5.41, 5.74) is 4.30. The molecule has 0 atom stereocenters. The molecule has 9 heteroatoms. The molecule has 1 aliphatic carbocycles. The number of fused-ring (bicyclic) bond motifs is 2. The average molecular weight is 424 g/mol. The largest absolute Gasteiger partial charge is 0.481 e. The molecule has 0 spiro atoms. The fraction of sp³-hybridized carbons (Fsp3) is 0.364. The zero-order valence-corrected chi connectivity index (χ0v) is 17.6. The van der Waals surface area contributed by atoms with Crippen molar-refractivity contribution in [1.82, 2.24) is 19.9 Å². The molecule has 31 heavy (non-hydrogen) atoms. The van der Waals surface area contributed by atoms with Crippen LogP contribution in [-0.4, -0.2) is 44.9 Å². The number of carbonyl (C=O) groups is 2. The lowest BCUT2D eigenvalue weighted by molar-refractivity contribution is 0.0535. The summed E-state index contributed by atoms with van der Waals surface area (Å²) in [6.07, 6.45) is 1.33. The summed E-state index contributed by atoms with van der Waals surface area (Å²) in [7, 11) is 1.63. The normalized spacial score (nSPS) is 14.6. The molecular weight excluding hydrogens is 400 g/mol. The summed E-state index contributed by atoms with van der Waals surface area (Å²) in [6.45, 7) is 3.87. The second-order valence-corrected chi connectivity index (χ2v) is 7.82. The molecule has 1 saturated carbocycles. The molecule has 3 heterocycles. The molecule has 0 unspecified atom stereocenters. The van der Waals surface area contributed by atoms with Gasteiger partial charge in [-0.25, -0.2) is 14.6 Å². The molecular formula is C22H24N4O5. The lowest BCUT2D eigenvalue weighted by atomic mass is 10.0. The summed E-state index contributed by atoms with van der Waals surface area (Å²) >= 11 is 0. The maximum Gasteiger partial charge on any atom is 0.404 e. The number of nitrogens with one attached hydrogen (secondary N) is 1. The lowest BCUT2D eigenvalue weighted by Gasteiger charge is -2.07. The summed E-state index contributed by atoms with van der Waals surface area (Å²) in [5.74, 6) is 1.75. The van der Waals surface area contributed by atoms with Gasteiger partial charge in [-0.1, -0.05) is 6.07 Å². The Bertz CT molecular complexity index is 1150. The first-order valence-corrected chi connectivity index (χ1v) is 10.1. The van der Waals surface area contributed by atoms with Crippen LogP contribution in [0.25, 0.3) is 16.8 Å². The SMILES string of the molecule is CC(C)NC(=O)O.COc1ccc(-c2ccc3c(c2)COC3=O)c2nc(C3CC3)nn12. The molecule has 1 amide bonds. The smallest absolute Gasteiger partial charge is 0.404 e. The van der Waals surface area contributed by atoms with E-state index < -0.39 is 6.09 Å². The van der Waals surface area contributed by atoms with Crippen LogP contribution in [0.15, 0.2) is 30.3 Å². The van der Waals surface area contributed by atoms with E-state index in [1.807, 2.05) is 30.3 Å². The van der Waals surface area contributed by atoms with Gasteiger partial charge in [-0.15, -0.1) is 5.10 Å². The first-order chi connectivity index (χ1) is 14.9. The molecule has 2 aliphatic rings. The minimum atomic E-state index is -0.963. The zero-order valence-electron chi connectivity index (χ0n) is 17.6. The molecule has 1 aliphatic heterocycles. The van der Waals surface area contributed by atoms with Crippen molar-refractivity contribution < 1.29 is 24.2 Å². The van der Waals surface area contributed by atoms with E-state index >= 15 is 0 Å². The van der Waals surface area contributed by atoms with E-state index in [9.17, 15) is 9.59 Å². The first kappa shape index (κ1) is 20.6. The van der Waals surface area contributed by atoms with Crippen molar-refractivity contribution in [2.75, 3.05) is 7.11 Å². The third kappa shape index (κ3) is 4.30. The predicted molar refractivity (Wildman–Crippen MR) is 112 cm³/mol.